The lowest BCUT2D eigenvalue weighted by Crippen LogP contribution is -2.17. The Bertz CT molecular complexity index is 189. The highest BCUT2D eigenvalue weighted by Crippen LogP contribution is 1.96. The van der Waals surface area contributed by atoms with Crippen molar-refractivity contribution in [3.05, 3.63) is 36.3 Å². The second kappa shape index (κ2) is 3.11. The molecule has 0 fully saturated rings. The first-order valence-corrected chi connectivity index (χ1v) is 3.31. The van der Waals surface area contributed by atoms with Crippen LogP contribution in [0.15, 0.2) is 36.3 Å². The third kappa shape index (κ3) is 1.97. The summed E-state index contributed by atoms with van der Waals surface area (Å²) in [6.07, 6.45) is 6.03. The van der Waals surface area contributed by atoms with Gasteiger partial charge in [0.05, 0.1) is 5.70 Å². The van der Waals surface area contributed by atoms with Crippen LogP contribution in [0, 0.1) is 0 Å². The van der Waals surface area contributed by atoms with Crippen molar-refractivity contribution in [3.8, 4) is 0 Å². The van der Waals surface area contributed by atoms with Gasteiger partial charge in [-0.05, 0) is 13.0 Å². The molecule has 2 heteroatoms. The fourth-order valence-electron chi connectivity index (χ4n) is 0.795. The van der Waals surface area contributed by atoms with Gasteiger partial charge in [0, 0.05) is 18.4 Å². The zero-order chi connectivity index (χ0) is 7.40. The fourth-order valence-corrected chi connectivity index (χ4v) is 0.795. The molecule has 2 N–H and O–H groups in total. The molecule has 0 aromatic rings. The third-order valence-corrected chi connectivity index (χ3v) is 1.15. The van der Waals surface area contributed by atoms with E-state index in [4.69, 9.17) is 0 Å². The van der Waals surface area contributed by atoms with Crippen LogP contribution in [0.2, 0.25) is 0 Å². The summed E-state index contributed by atoms with van der Waals surface area (Å²) >= 11 is 0. The number of nitrogens with one attached hydrogen (secondary N) is 2. The average molecular weight is 136 g/mol. The van der Waals surface area contributed by atoms with Crippen molar-refractivity contribution in [3.63, 3.8) is 0 Å². The second-order valence-electron chi connectivity index (χ2n) is 2.32. The molecule has 0 amide bonds. The van der Waals surface area contributed by atoms with E-state index >= 15 is 0 Å². The lowest BCUT2D eigenvalue weighted by molar-refractivity contribution is 0.900. The summed E-state index contributed by atoms with van der Waals surface area (Å²) in [5.41, 5.74) is 2.03. The Hall–Kier alpha value is -1.18. The molecule has 0 bridgehead atoms. The first kappa shape index (κ1) is 6.93. The van der Waals surface area contributed by atoms with E-state index in [0.717, 1.165) is 17.9 Å². The third-order valence-electron chi connectivity index (χ3n) is 1.15. The fraction of sp³-hybridized carbons (Fsp3) is 0.250. The summed E-state index contributed by atoms with van der Waals surface area (Å²) in [5, 5.41) is 6.19. The van der Waals surface area contributed by atoms with E-state index in [2.05, 4.69) is 23.3 Å². The number of hydrogen-bond donors (Lipinski definition) is 2. The normalized spacial score (nSPS) is 15.5. The van der Waals surface area contributed by atoms with E-state index in [1.165, 1.54) is 0 Å². The Balaban J connectivity index is 2.48. The van der Waals surface area contributed by atoms with E-state index < -0.39 is 0 Å². The van der Waals surface area contributed by atoms with Crippen molar-refractivity contribution in [2.24, 2.45) is 0 Å². The summed E-state index contributed by atoms with van der Waals surface area (Å²) in [5.74, 6) is 0. The SMILES string of the molecule is C=C(C)NC1=CNCC=C1. The van der Waals surface area contributed by atoms with Gasteiger partial charge in [-0.15, -0.1) is 0 Å². The first-order valence-electron chi connectivity index (χ1n) is 3.31. The van der Waals surface area contributed by atoms with Gasteiger partial charge in [0.25, 0.3) is 0 Å². The highest BCUT2D eigenvalue weighted by Gasteiger charge is 1.93. The van der Waals surface area contributed by atoms with Gasteiger partial charge in [-0.25, -0.2) is 0 Å². The molecule has 0 unspecified atom stereocenters. The van der Waals surface area contributed by atoms with Crippen LogP contribution in [-0.2, 0) is 0 Å². The van der Waals surface area contributed by atoms with Gasteiger partial charge in [0.15, 0.2) is 0 Å². The van der Waals surface area contributed by atoms with Crippen LogP contribution in [0.1, 0.15) is 6.92 Å². The van der Waals surface area contributed by atoms with Crippen molar-refractivity contribution in [1.82, 2.24) is 10.6 Å². The quantitative estimate of drug-likeness (QED) is 0.594. The predicted octanol–water partition coefficient (Wildman–Crippen LogP) is 1.11. The maximum absolute atomic E-state index is 3.74. The van der Waals surface area contributed by atoms with E-state index in [1.807, 2.05) is 19.2 Å². The van der Waals surface area contributed by atoms with Gasteiger partial charge in [-0.3, -0.25) is 0 Å². The Morgan fingerprint density at radius 3 is 3.10 bits per heavy atom. The molecule has 0 aromatic heterocycles. The predicted molar refractivity (Wildman–Crippen MR) is 43.2 cm³/mol. The van der Waals surface area contributed by atoms with Gasteiger partial charge < -0.3 is 10.6 Å². The Kier molecular flexibility index (Phi) is 2.15. The molecule has 1 heterocycles. The van der Waals surface area contributed by atoms with Gasteiger partial charge in [0.1, 0.15) is 0 Å². The second-order valence-corrected chi connectivity index (χ2v) is 2.32. The van der Waals surface area contributed by atoms with Crippen LogP contribution in [0.3, 0.4) is 0 Å². The summed E-state index contributed by atoms with van der Waals surface area (Å²) in [4.78, 5) is 0. The molecule has 54 valence electrons. The monoisotopic (exact) mass is 136 g/mol. The van der Waals surface area contributed by atoms with E-state index in [-0.39, 0.29) is 0 Å². The summed E-state index contributed by atoms with van der Waals surface area (Å²) in [6.45, 7) is 6.59. The molecule has 1 aliphatic heterocycles. The first-order chi connectivity index (χ1) is 4.79. The molecule has 0 atom stereocenters. The molecule has 0 saturated heterocycles. The summed E-state index contributed by atoms with van der Waals surface area (Å²) in [6, 6.07) is 0. The summed E-state index contributed by atoms with van der Waals surface area (Å²) in [7, 11) is 0. The zero-order valence-electron chi connectivity index (χ0n) is 6.15. The standard InChI is InChI=1S/C8H12N2/c1-7(2)10-8-4-3-5-9-6-8/h3-4,6,9-10H,1,5H2,2H3. The minimum atomic E-state index is 0.918. The largest absolute Gasteiger partial charge is 0.386 e. The highest BCUT2D eigenvalue weighted by atomic mass is 14.9. The molecule has 0 saturated carbocycles. The Morgan fingerprint density at radius 2 is 2.60 bits per heavy atom. The van der Waals surface area contributed by atoms with Crippen LogP contribution in [0.25, 0.3) is 0 Å². The van der Waals surface area contributed by atoms with E-state index in [9.17, 15) is 0 Å². The Labute approximate surface area is 61.3 Å². The van der Waals surface area contributed by atoms with Crippen LogP contribution in [0.5, 0.6) is 0 Å². The van der Waals surface area contributed by atoms with Gasteiger partial charge >= 0.3 is 0 Å². The van der Waals surface area contributed by atoms with E-state index in [1.54, 1.807) is 0 Å². The lowest BCUT2D eigenvalue weighted by Gasteiger charge is -2.10. The van der Waals surface area contributed by atoms with Crippen LogP contribution in [0.4, 0.5) is 0 Å². The molecule has 0 aliphatic carbocycles. The molecular weight excluding hydrogens is 124 g/mol. The van der Waals surface area contributed by atoms with Gasteiger partial charge in [-0.2, -0.15) is 0 Å². The zero-order valence-corrected chi connectivity index (χ0v) is 6.15. The number of dihydropyridines is 1. The molecule has 1 aliphatic rings. The van der Waals surface area contributed by atoms with Gasteiger partial charge in [0.2, 0.25) is 0 Å². The van der Waals surface area contributed by atoms with Crippen molar-refractivity contribution in [1.29, 1.82) is 0 Å². The maximum atomic E-state index is 3.74. The van der Waals surface area contributed by atoms with Crippen LogP contribution in [-0.4, -0.2) is 6.54 Å². The van der Waals surface area contributed by atoms with Crippen LogP contribution >= 0.6 is 0 Å². The van der Waals surface area contributed by atoms with Crippen molar-refractivity contribution in [2.45, 2.75) is 6.92 Å². The molecule has 0 spiro atoms. The van der Waals surface area contributed by atoms with Crippen molar-refractivity contribution < 1.29 is 0 Å². The minimum Gasteiger partial charge on any atom is -0.386 e. The summed E-state index contributed by atoms with van der Waals surface area (Å²) < 4.78 is 0. The van der Waals surface area contributed by atoms with Crippen molar-refractivity contribution in [2.75, 3.05) is 6.54 Å². The topological polar surface area (TPSA) is 24.1 Å². The minimum absolute atomic E-state index is 0.918. The molecule has 1 rings (SSSR count). The average Bonchev–Trinajstić information content (AvgIpc) is 1.88. The number of rotatable bonds is 2. The number of allylic oxidation sites excluding steroid dienone is 2. The Morgan fingerprint density at radius 1 is 1.80 bits per heavy atom. The molecule has 0 radical (unpaired) electrons. The van der Waals surface area contributed by atoms with Crippen LogP contribution < -0.4 is 10.6 Å². The van der Waals surface area contributed by atoms with Gasteiger partial charge in [-0.1, -0.05) is 12.7 Å². The molecular formula is C8H12N2. The molecule has 0 aromatic carbocycles. The molecule has 10 heavy (non-hydrogen) atoms. The maximum Gasteiger partial charge on any atom is 0.0538 e. The smallest absolute Gasteiger partial charge is 0.0538 e. The van der Waals surface area contributed by atoms with Crippen molar-refractivity contribution >= 4 is 0 Å². The highest BCUT2D eigenvalue weighted by molar-refractivity contribution is 5.22. The molecule has 2 nitrogen and oxygen atoms in total. The lowest BCUT2D eigenvalue weighted by atomic mass is 10.3. The van der Waals surface area contributed by atoms with E-state index in [0.29, 0.717) is 0 Å². The number of hydrogen-bond acceptors (Lipinski definition) is 2.